The van der Waals surface area contributed by atoms with Crippen LogP contribution in [0.4, 0.5) is 5.69 Å². The lowest BCUT2D eigenvalue weighted by Gasteiger charge is -2.14. The monoisotopic (exact) mass is 453 g/mol. The van der Waals surface area contributed by atoms with Crippen LogP contribution in [0.2, 0.25) is 0 Å². The Labute approximate surface area is 204 Å². The largest absolute Gasteiger partial charge is 0.396 e. The molecule has 5 aromatic rings. The minimum Gasteiger partial charge on any atom is -0.396 e. The number of carbonyl (C=O) groups excluding carboxylic acids is 1. The molecule has 35 heavy (non-hydrogen) atoms. The van der Waals surface area contributed by atoms with E-state index in [2.05, 4.69) is 36.4 Å². The molecule has 0 bridgehead atoms. The van der Waals surface area contributed by atoms with Crippen molar-refractivity contribution in [2.24, 2.45) is 4.99 Å². The van der Waals surface area contributed by atoms with Crippen molar-refractivity contribution < 1.29 is 9.90 Å². The highest BCUT2D eigenvalue weighted by Gasteiger charge is 2.31. The molecule has 0 heterocycles. The fraction of sp³-hybridized carbons (Fsp3) is 0.0625. The number of aliphatic imine (C=N–C) groups is 1. The Hall–Kier alpha value is -4.34. The zero-order valence-electron chi connectivity index (χ0n) is 19.1. The van der Waals surface area contributed by atoms with Gasteiger partial charge in [-0.2, -0.15) is 0 Å². The second-order valence-electron chi connectivity index (χ2n) is 8.70. The van der Waals surface area contributed by atoms with Crippen molar-refractivity contribution in [2.75, 3.05) is 6.61 Å². The Balaban J connectivity index is 1.66. The summed E-state index contributed by atoms with van der Waals surface area (Å²) in [6.07, 6.45) is 0.495. The Morgan fingerprint density at radius 3 is 1.71 bits per heavy atom. The maximum atomic E-state index is 13.7. The first kappa shape index (κ1) is 21.2. The van der Waals surface area contributed by atoms with Gasteiger partial charge in [-0.3, -0.25) is 4.79 Å². The highest BCUT2D eigenvalue weighted by Crippen LogP contribution is 2.43. The van der Waals surface area contributed by atoms with Crippen molar-refractivity contribution in [3.8, 4) is 22.3 Å². The van der Waals surface area contributed by atoms with Crippen molar-refractivity contribution in [1.29, 1.82) is 0 Å². The molecule has 1 aliphatic rings. The molecule has 0 saturated carbocycles. The minimum absolute atomic E-state index is 0.0342. The van der Waals surface area contributed by atoms with Gasteiger partial charge in [0, 0.05) is 23.1 Å². The molecular formula is C32H23NO2. The normalized spacial score (nSPS) is 13.6. The molecule has 3 nitrogen and oxygen atoms in total. The lowest BCUT2D eigenvalue weighted by molar-refractivity contribution is 0.107. The van der Waals surface area contributed by atoms with E-state index < -0.39 is 0 Å². The number of rotatable bonds is 5. The van der Waals surface area contributed by atoms with E-state index in [0.717, 1.165) is 49.8 Å². The molecule has 0 saturated heterocycles. The SMILES string of the molecule is O=C1C(=Nc2ccccc2CCO)c2ccc(-c3ccccc3)c3c(-c4ccccc4)ccc1c23. The Morgan fingerprint density at radius 1 is 0.571 bits per heavy atom. The molecule has 0 amide bonds. The van der Waals surface area contributed by atoms with E-state index in [1.165, 1.54) is 0 Å². The summed E-state index contributed by atoms with van der Waals surface area (Å²) in [6, 6.07) is 36.4. The average Bonchev–Trinajstić information content (AvgIpc) is 3.18. The quantitative estimate of drug-likeness (QED) is 0.311. The summed E-state index contributed by atoms with van der Waals surface area (Å²) in [7, 11) is 0. The van der Waals surface area contributed by atoms with Crippen LogP contribution in [0.25, 0.3) is 33.0 Å². The molecule has 6 rings (SSSR count). The van der Waals surface area contributed by atoms with Gasteiger partial charge >= 0.3 is 0 Å². The molecule has 0 radical (unpaired) electrons. The molecule has 1 aliphatic carbocycles. The fourth-order valence-electron chi connectivity index (χ4n) is 5.03. The number of aliphatic hydroxyl groups excluding tert-OH is 1. The molecule has 0 fully saturated rings. The number of para-hydroxylation sites is 1. The molecular weight excluding hydrogens is 430 g/mol. The van der Waals surface area contributed by atoms with Crippen molar-refractivity contribution in [3.05, 3.63) is 126 Å². The van der Waals surface area contributed by atoms with Crippen LogP contribution in [-0.4, -0.2) is 23.2 Å². The van der Waals surface area contributed by atoms with Crippen LogP contribution in [-0.2, 0) is 6.42 Å². The third kappa shape index (κ3) is 3.58. The minimum atomic E-state index is -0.0615. The Kier molecular flexibility index (Phi) is 5.32. The van der Waals surface area contributed by atoms with Gasteiger partial charge in [0.1, 0.15) is 5.71 Å². The molecule has 0 atom stereocenters. The number of carbonyl (C=O) groups is 1. The predicted molar refractivity (Wildman–Crippen MR) is 143 cm³/mol. The first-order valence-corrected chi connectivity index (χ1v) is 11.8. The predicted octanol–water partition coefficient (Wildman–Crippen LogP) is 7.03. The van der Waals surface area contributed by atoms with Crippen molar-refractivity contribution in [1.82, 2.24) is 0 Å². The van der Waals surface area contributed by atoms with Gasteiger partial charge in [-0.1, -0.05) is 97.1 Å². The van der Waals surface area contributed by atoms with Crippen LogP contribution in [0.3, 0.4) is 0 Å². The second-order valence-corrected chi connectivity index (χ2v) is 8.70. The van der Waals surface area contributed by atoms with Gasteiger partial charge in [0.05, 0.1) is 5.69 Å². The van der Waals surface area contributed by atoms with E-state index >= 15 is 0 Å². The van der Waals surface area contributed by atoms with E-state index in [0.29, 0.717) is 17.7 Å². The van der Waals surface area contributed by atoms with Crippen LogP contribution in [0.1, 0.15) is 21.5 Å². The summed E-state index contributed by atoms with van der Waals surface area (Å²) in [5.74, 6) is -0.0615. The van der Waals surface area contributed by atoms with E-state index in [1.807, 2.05) is 72.8 Å². The van der Waals surface area contributed by atoms with Crippen molar-refractivity contribution in [3.63, 3.8) is 0 Å². The summed E-state index contributed by atoms with van der Waals surface area (Å²) < 4.78 is 0. The molecule has 0 unspecified atom stereocenters. The topological polar surface area (TPSA) is 49.7 Å². The van der Waals surface area contributed by atoms with Crippen LogP contribution < -0.4 is 0 Å². The van der Waals surface area contributed by atoms with Crippen LogP contribution in [0.5, 0.6) is 0 Å². The first-order chi connectivity index (χ1) is 17.3. The van der Waals surface area contributed by atoms with Gasteiger partial charge in [-0.05, 0) is 51.8 Å². The molecule has 3 heteroatoms. The molecule has 168 valence electrons. The number of hydrogen-bond donors (Lipinski definition) is 1. The zero-order chi connectivity index (χ0) is 23.8. The Bertz CT molecular complexity index is 1560. The van der Waals surface area contributed by atoms with E-state index in [4.69, 9.17) is 4.99 Å². The summed E-state index contributed by atoms with van der Waals surface area (Å²) >= 11 is 0. The van der Waals surface area contributed by atoms with Crippen molar-refractivity contribution in [2.45, 2.75) is 6.42 Å². The standard InChI is InChI=1S/C32H23NO2/c34-20-19-23-13-7-8-14-28(23)33-31-26-17-15-24(21-9-3-1-4-10-21)29-25(22-11-5-2-6-12-22)16-18-27(30(26)29)32(31)35/h1-18,34H,19-20H2. The lowest BCUT2D eigenvalue weighted by Crippen LogP contribution is -2.08. The van der Waals surface area contributed by atoms with Crippen LogP contribution in [0, 0.1) is 0 Å². The van der Waals surface area contributed by atoms with Crippen molar-refractivity contribution >= 4 is 28.0 Å². The summed E-state index contributed by atoms with van der Waals surface area (Å²) in [5, 5.41) is 11.5. The Morgan fingerprint density at radius 2 is 1.09 bits per heavy atom. The molecule has 5 aromatic carbocycles. The third-order valence-corrected chi connectivity index (χ3v) is 6.65. The van der Waals surface area contributed by atoms with Gasteiger partial charge in [0.2, 0.25) is 5.78 Å². The maximum absolute atomic E-state index is 13.7. The van der Waals surface area contributed by atoms with Gasteiger partial charge in [-0.15, -0.1) is 0 Å². The van der Waals surface area contributed by atoms with Gasteiger partial charge in [0.25, 0.3) is 0 Å². The highest BCUT2D eigenvalue weighted by molar-refractivity contribution is 6.60. The molecule has 0 aromatic heterocycles. The number of nitrogens with zero attached hydrogens (tertiary/aromatic N) is 1. The van der Waals surface area contributed by atoms with Crippen LogP contribution >= 0.6 is 0 Å². The number of aliphatic hydroxyl groups is 1. The summed E-state index contributed by atoms with van der Waals surface area (Å²) in [4.78, 5) is 18.5. The van der Waals surface area contributed by atoms with E-state index in [1.54, 1.807) is 0 Å². The lowest BCUT2D eigenvalue weighted by atomic mass is 9.89. The van der Waals surface area contributed by atoms with Gasteiger partial charge < -0.3 is 5.11 Å². The van der Waals surface area contributed by atoms with Gasteiger partial charge in [0.15, 0.2) is 0 Å². The second kappa shape index (κ2) is 8.79. The molecule has 0 spiro atoms. The smallest absolute Gasteiger partial charge is 0.212 e. The number of ketones is 1. The maximum Gasteiger partial charge on any atom is 0.212 e. The first-order valence-electron chi connectivity index (χ1n) is 11.8. The molecule has 0 aliphatic heterocycles. The average molecular weight is 454 g/mol. The third-order valence-electron chi connectivity index (χ3n) is 6.65. The molecule has 1 N–H and O–H groups in total. The summed E-state index contributed by atoms with van der Waals surface area (Å²) in [5.41, 5.74) is 8.07. The van der Waals surface area contributed by atoms with Gasteiger partial charge in [-0.25, -0.2) is 4.99 Å². The highest BCUT2D eigenvalue weighted by atomic mass is 16.3. The number of Topliss-reactive ketones (excluding diaryl/α,β-unsaturated/α-hetero) is 1. The van der Waals surface area contributed by atoms with Crippen LogP contribution in [0.15, 0.2) is 114 Å². The van der Waals surface area contributed by atoms with E-state index in [-0.39, 0.29) is 12.4 Å². The number of hydrogen-bond acceptors (Lipinski definition) is 3. The van der Waals surface area contributed by atoms with E-state index in [9.17, 15) is 9.90 Å². The zero-order valence-corrected chi connectivity index (χ0v) is 19.1. The summed E-state index contributed by atoms with van der Waals surface area (Å²) in [6.45, 7) is 0.0342. The number of benzene rings is 5. The fourth-order valence-corrected chi connectivity index (χ4v) is 5.03.